The molecule has 1 unspecified atom stereocenters. The van der Waals surface area contributed by atoms with Gasteiger partial charge in [-0.3, -0.25) is 4.79 Å². The molecule has 0 bridgehead atoms. The molecule has 0 spiro atoms. The third-order valence-corrected chi connectivity index (χ3v) is 3.71. The average molecular weight is 245 g/mol. The molecular weight excluding hydrogens is 222 g/mol. The summed E-state index contributed by atoms with van der Waals surface area (Å²) in [7, 11) is 0. The van der Waals surface area contributed by atoms with Gasteiger partial charge in [-0.25, -0.2) is 0 Å². The number of Topliss-reactive ketones (excluding diaryl/α,β-unsaturated/α-hetero) is 1. The van der Waals surface area contributed by atoms with Crippen molar-refractivity contribution in [1.29, 1.82) is 0 Å². The van der Waals surface area contributed by atoms with Gasteiger partial charge in [0.15, 0.2) is 0 Å². The maximum atomic E-state index is 11.5. The molecule has 1 fully saturated rings. The second kappa shape index (κ2) is 4.75. The summed E-state index contributed by atoms with van der Waals surface area (Å²) in [6.07, 6.45) is 1.36. The number of ketones is 1. The number of hydrogen-bond acceptors (Lipinski definition) is 2. The second-order valence-corrected chi connectivity index (χ2v) is 6.30. The molecule has 1 saturated heterocycles. The van der Waals surface area contributed by atoms with Crippen LogP contribution in [0.3, 0.4) is 0 Å². The van der Waals surface area contributed by atoms with Crippen LogP contribution in [-0.2, 0) is 10.2 Å². The first kappa shape index (κ1) is 13.1. The highest BCUT2D eigenvalue weighted by molar-refractivity contribution is 5.82. The lowest BCUT2D eigenvalue weighted by Gasteiger charge is -2.38. The van der Waals surface area contributed by atoms with Crippen LogP contribution >= 0.6 is 0 Å². The molecule has 1 heterocycles. The van der Waals surface area contributed by atoms with Crippen LogP contribution in [0.1, 0.15) is 46.1 Å². The summed E-state index contributed by atoms with van der Waals surface area (Å²) in [5, 5.41) is 0. The van der Waals surface area contributed by atoms with Crippen LogP contribution in [0.4, 0.5) is 5.69 Å². The Labute approximate surface area is 110 Å². The molecule has 1 aromatic rings. The normalized spacial score (nSPS) is 21.2. The van der Waals surface area contributed by atoms with Gasteiger partial charge in [-0.2, -0.15) is 0 Å². The van der Waals surface area contributed by atoms with Crippen molar-refractivity contribution in [3.05, 3.63) is 29.8 Å². The van der Waals surface area contributed by atoms with Crippen LogP contribution in [0, 0.1) is 0 Å². The smallest absolute Gasteiger partial charge is 0.136 e. The van der Waals surface area contributed by atoms with Gasteiger partial charge in [0, 0.05) is 31.1 Å². The number of carbonyl (C=O) groups is 1. The van der Waals surface area contributed by atoms with Crippen molar-refractivity contribution in [2.24, 2.45) is 0 Å². The molecule has 1 aliphatic heterocycles. The van der Waals surface area contributed by atoms with E-state index < -0.39 is 0 Å². The number of anilines is 1. The molecule has 2 nitrogen and oxygen atoms in total. The Morgan fingerprint density at radius 2 is 1.89 bits per heavy atom. The topological polar surface area (TPSA) is 20.3 Å². The summed E-state index contributed by atoms with van der Waals surface area (Å²) in [6, 6.07) is 8.90. The van der Waals surface area contributed by atoms with Crippen LogP contribution in [0.5, 0.6) is 0 Å². The average Bonchev–Trinajstić information content (AvgIpc) is 2.28. The molecule has 0 aromatic heterocycles. The van der Waals surface area contributed by atoms with Gasteiger partial charge in [-0.1, -0.05) is 39.0 Å². The molecule has 1 aliphatic rings. The predicted molar refractivity (Wildman–Crippen MR) is 76.2 cm³/mol. The van der Waals surface area contributed by atoms with Gasteiger partial charge in [-0.15, -0.1) is 0 Å². The quantitative estimate of drug-likeness (QED) is 0.754. The lowest BCUT2D eigenvalue weighted by molar-refractivity contribution is -0.120. The van der Waals surface area contributed by atoms with E-state index in [-0.39, 0.29) is 5.41 Å². The van der Waals surface area contributed by atoms with Crippen molar-refractivity contribution in [2.45, 2.75) is 52.0 Å². The number of piperidine rings is 1. The van der Waals surface area contributed by atoms with Gasteiger partial charge in [0.05, 0.1) is 0 Å². The van der Waals surface area contributed by atoms with E-state index in [4.69, 9.17) is 0 Å². The summed E-state index contributed by atoms with van der Waals surface area (Å²) >= 11 is 0. The molecular formula is C16H23NO. The Balaban J connectivity index is 2.36. The highest BCUT2D eigenvalue weighted by atomic mass is 16.1. The first-order valence-electron chi connectivity index (χ1n) is 6.77. The molecule has 0 aliphatic carbocycles. The van der Waals surface area contributed by atoms with Gasteiger partial charge < -0.3 is 4.90 Å². The van der Waals surface area contributed by atoms with E-state index in [0.717, 1.165) is 6.54 Å². The Hall–Kier alpha value is -1.31. The summed E-state index contributed by atoms with van der Waals surface area (Å²) in [5.41, 5.74) is 2.80. The molecule has 0 saturated carbocycles. The van der Waals surface area contributed by atoms with E-state index in [9.17, 15) is 4.79 Å². The Bertz CT molecular complexity index is 445. The Kier molecular flexibility index (Phi) is 3.47. The van der Waals surface area contributed by atoms with Crippen molar-refractivity contribution in [3.8, 4) is 0 Å². The zero-order valence-corrected chi connectivity index (χ0v) is 11.9. The first-order valence-corrected chi connectivity index (χ1v) is 6.77. The Morgan fingerprint density at radius 3 is 2.50 bits per heavy atom. The predicted octanol–water partition coefficient (Wildman–Crippen LogP) is 3.54. The van der Waals surface area contributed by atoms with E-state index in [2.05, 4.69) is 56.9 Å². The van der Waals surface area contributed by atoms with Crippen LogP contribution in [0.15, 0.2) is 24.3 Å². The van der Waals surface area contributed by atoms with Crippen molar-refractivity contribution in [2.75, 3.05) is 11.4 Å². The van der Waals surface area contributed by atoms with Crippen molar-refractivity contribution >= 4 is 11.5 Å². The molecule has 0 amide bonds. The van der Waals surface area contributed by atoms with Crippen LogP contribution in [0.2, 0.25) is 0 Å². The lowest BCUT2D eigenvalue weighted by Crippen LogP contribution is -2.42. The monoisotopic (exact) mass is 245 g/mol. The standard InChI is InChI=1S/C16H23NO/c1-12-11-13(18)9-10-17(12)15-8-6-5-7-14(15)16(2,3)4/h5-8,12H,9-11H2,1-4H3. The minimum absolute atomic E-state index is 0.137. The van der Waals surface area contributed by atoms with Crippen LogP contribution in [0.25, 0.3) is 0 Å². The number of nitrogens with zero attached hydrogens (tertiary/aromatic N) is 1. The van der Waals surface area contributed by atoms with Gasteiger partial charge in [0.2, 0.25) is 0 Å². The molecule has 2 rings (SSSR count). The van der Waals surface area contributed by atoms with Crippen LogP contribution in [-0.4, -0.2) is 18.4 Å². The maximum absolute atomic E-state index is 11.5. The van der Waals surface area contributed by atoms with Gasteiger partial charge in [-0.05, 0) is 24.0 Å². The van der Waals surface area contributed by atoms with E-state index in [1.165, 1.54) is 11.3 Å². The number of rotatable bonds is 1. The van der Waals surface area contributed by atoms with Crippen molar-refractivity contribution in [1.82, 2.24) is 0 Å². The van der Waals surface area contributed by atoms with E-state index in [1.807, 2.05) is 0 Å². The molecule has 1 atom stereocenters. The van der Waals surface area contributed by atoms with Gasteiger partial charge in [0.1, 0.15) is 5.78 Å². The Morgan fingerprint density at radius 1 is 1.22 bits per heavy atom. The third-order valence-electron chi connectivity index (χ3n) is 3.71. The second-order valence-electron chi connectivity index (χ2n) is 6.30. The minimum Gasteiger partial charge on any atom is -0.368 e. The molecule has 18 heavy (non-hydrogen) atoms. The molecule has 0 N–H and O–H groups in total. The lowest BCUT2D eigenvalue weighted by atomic mass is 9.84. The van der Waals surface area contributed by atoms with Gasteiger partial charge >= 0.3 is 0 Å². The zero-order valence-electron chi connectivity index (χ0n) is 11.9. The third kappa shape index (κ3) is 2.58. The van der Waals surface area contributed by atoms with Gasteiger partial charge in [0.25, 0.3) is 0 Å². The fraction of sp³-hybridized carbons (Fsp3) is 0.562. The number of hydrogen-bond donors (Lipinski definition) is 0. The molecule has 0 radical (unpaired) electrons. The maximum Gasteiger partial charge on any atom is 0.136 e. The summed E-state index contributed by atoms with van der Waals surface area (Å²) in [5.74, 6) is 0.395. The largest absolute Gasteiger partial charge is 0.368 e. The molecule has 1 aromatic carbocycles. The zero-order chi connectivity index (χ0) is 13.3. The highest BCUT2D eigenvalue weighted by Gasteiger charge is 2.27. The van der Waals surface area contributed by atoms with E-state index >= 15 is 0 Å². The summed E-state index contributed by atoms with van der Waals surface area (Å²) in [6.45, 7) is 9.73. The summed E-state index contributed by atoms with van der Waals surface area (Å²) in [4.78, 5) is 13.9. The van der Waals surface area contributed by atoms with E-state index in [0.29, 0.717) is 24.7 Å². The number of carbonyl (C=O) groups excluding carboxylic acids is 1. The fourth-order valence-corrected chi connectivity index (χ4v) is 2.72. The highest BCUT2D eigenvalue weighted by Crippen LogP contribution is 2.34. The fourth-order valence-electron chi connectivity index (χ4n) is 2.72. The first-order chi connectivity index (χ1) is 8.39. The van der Waals surface area contributed by atoms with Crippen molar-refractivity contribution in [3.63, 3.8) is 0 Å². The number of benzene rings is 1. The number of para-hydroxylation sites is 1. The molecule has 2 heteroatoms. The van der Waals surface area contributed by atoms with Crippen LogP contribution < -0.4 is 4.90 Å². The molecule has 98 valence electrons. The minimum atomic E-state index is 0.137. The summed E-state index contributed by atoms with van der Waals surface area (Å²) < 4.78 is 0. The SMILES string of the molecule is CC1CC(=O)CCN1c1ccccc1C(C)(C)C. The van der Waals surface area contributed by atoms with E-state index in [1.54, 1.807) is 0 Å². The van der Waals surface area contributed by atoms with Crippen molar-refractivity contribution < 1.29 is 4.79 Å².